The number of rotatable bonds is 6. The third-order valence-corrected chi connectivity index (χ3v) is 2.94. The second-order valence-corrected chi connectivity index (χ2v) is 5.20. The maximum absolute atomic E-state index is 3.65. The quantitative estimate of drug-likeness (QED) is 0.770. The zero-order chi connectivity index (χ0) is 12.0. The molecular weight excluding hydrogens is 194 g/mol. The van der Waals surface area contributed by atoms with E-state index in [2.05, 4.69) is 63.3 Å². The van der Waals surface area contributed by atoms with E-state index in [9.17, 15) is 0 Å². The number of hydrogen-bond acceptors (Lipinski definition) is 1. The largest absolute Gasteiger partial charge is 0.312 e. The molecule has 0 aliphatic rings. The van der Waals surface area contributed by atoms with Crippen LogP contribution >= 0.6 is 0 Å². The lowest BCUT2D eigenvalue weighted by Crippen LogP contribution is -2.38. The molecule has 1 atom stereocenters. The minimum Gasteiger partial charge on any atom is -0.312 e. The highest BCUT2D eigenvalue weighted by atomic mass is 14.9. The Labute approximate surface area is 100 Å². The van der Waals surface area contributed by atoms with Crippen molar-refractivity contribution in [2.24, 2.45) is 5.92 Å². The lowest BCUT2D eigenvalue weighted by molar-refractivity contribution is 0.352. The normalized spacial score (nSPS) is 13.4. The Balaban J connectivity index is 2.44. The van der Waals surface area contributed by atoms with E-state index in [1.165, 1.54) is 18.4 Å². The average Bonchev–Trinajstić information content (AvgIpc) is 2.25. The van der Waals surface area contributed by atoms with Gasteiger partial charge in [-0.2, -0.15) is 0 Å². The third-order valence-electron chi connectivity index (χ3n) is 2.94. The van der Waals surface area contributed by atoms with Crippen molar-refractivity contribution < 1.29 is 0 Å². The molecule has 1 N–H and O–H groups in total. The van der Waals surface area contributed by atoms with Gasteiger partial charge in [0.25, 0.3) is 0 Å². The first-order valence-corrected chi connectivity index (χ1v) is 6.39. The highest BCUT2D eigenvalue weighted by Gasteiger charge is 2.13. The van der Waals surface area contributed by atoms with Gasteiger partial charge in [0.15, 0.2) is 0 Å². The predicted molar refractivity (Wildman–Crippen MR) is 71.7 cm³/mol. The van der Waals surface area contributed by atoms with Crippen LogP contribution in [0.1, 0.15) is 39.7 Å². The van der Waals surface area contributed by atoms with Crippen LogP contribution < -0.4 is 5.32 Å². The Morgan fingerprint density at radius 2 is 1.62 bits per heavy atom. The first kappa shape index (κ1) is 13.2. The first-order chi connectivity index (χ1) is 7.59. The number of nitrogens with one attached hydrogen (secondary N) is 1. The fourth-order valence-corrected chi connectivity index (χ4v) is 2.00. The molecule has 0 bridgehead atoms. The molecular formula is C15H25N. The van der Waals surface area contributed by atoms with Crippen molar-refractivity contribution in [2.45, 2.75) is 52.6 Å². The van der Waals surface area contributed by atoms with Gasteiger partial charge in [-0.15, -0.1) is 0 Å². The van der Waals surface area contributed by atoms with E-state index in [4.69, 9.17) is 0 Å². The topological polar surface area (TPSA) is 12.0 Å². The summed E-state index contributed by atoms with van der Waals surface area (Å²) in [6.07, 6.45) is 2.39. The minimum atomic E-state index is 0.572. The Bertz CT molecular complexity index is 277. The lowest BCUT2D eigenvalue weighted by atomic mass is 9.96. The maximum atomic E-state index is 3.65. The summed E-state index contributed by atoms with van der Waals surface area (Å²) in [6.45, 7) is 9.03. The van der Waals surface area contributed by atoms with Crippen molar-refractivity contribution in [3.63, 3.8) is 0 Å². The molecule has 1 aromatic carbocycles. The van der Waals surface area contributed by atoms with E-state index < -0.39 is 0 Å². The predicted octanol–water partition coefficient (Wildman–Crippen LogP) is 3.64. The summed E-state index contributed by atoms with van der Waals surface area (Å²) in [5.41, 5.74) is 1.44. The Kier molecular flexibility index (Phi) is 5.54. The van der Waals surface area contributed by atoms with Crippen LogP contribution in [0.5, 0.6) is 0 Å². The molecule has 0 aliphatic carbocycles. The maximum Gasteiger partial charge on any atom is 0.00955 e. The second kappa shape index (κ2) is 6.70. The van der Waals surface area contributed by atoms with E-state index in [1.807, 2.05) is 0 Å². The van der Waals surface area contributed by atoms with Crippen LogP contribution in [-0.4, -0.2) is 12.1 Å². The van der Waals surface area contributed by atoms with Gasteiger partial charge in [-0.3, -0.25) is 0 Å². The van der Waals surface area contributed by atoms with Gasteiger partial charge in [0.05, 0.1) is 0 Å². The van der Waals surface area contributed by atoms with E-state index >= 15 is 0 Å². The molecule has 0 heterocycles. The monoisotopic (exact) mass is 219 g/mol. The summed E-state index contributed by atoms with van der Waals surface area (Å²) in [5.74, 6) is 0.700. The summed E-state index contributed by atoms with van der Waals surface area (Å²) < 4.78 is 0. The summed E-state index contributed by atoms with van der Waals surface area (Å²) in [4.78, 5) is 0. The molecule has 16 heavy (non-hydrogen) atoms. The van der Waals surface area contributed by atoms with Gasteiger partial charge in [-0.25, -0.2) is 0 Å². The van der Waals surface area contributed by atoms with E-state index in [0.29, 0.717) is 18.0 Å². The van der Waals surface area contributed by atoms with Gasteiger partial charge < -0.3 is 5.32 Å². The molecule has 0 amide bonds. The Hall–Kier alpha value is -0.820. The van der Waals surface area contributed by atoms with E-state index in [0.717, 1.165) is 0 Å². The van der Waals surface area contributed by atoms with Crippen molar-refractivity contribution in [1.29, 1.82) is 0 Å². The molecule has 0 aliphatic heterocycles. The SMILES string of the molecule is CC(C)NC(CCc1ccccc1)C(C)C. The Morgan fingerprint density at radius 3 is 2.12 bits per heavy atom. The van der Waals surface area contributed by atoms with Crippen LogP contribution in [0.2, 0.25) is 0 Å². The van der Waals surface area contributed by atoms with Crippen molar-refractivity contribution in [1.82, 2.24) is 5.32 Å². The standard InChI is InChI=1S/C15H25N/c1-12(2)15(16-13(3)4)11-10-14-8-6-5-7-9-14/h5-9,12-13,15-16H,10-11H2,1-4H3. The van der Waals surface area contributed by atoms with Crippen LogP contribution in [-0.2, 0) is 6.42 Å². The molecule has 0 radical (unpaired) electrons. The van der Waals surface area contributed by atoms with Crippen molar-refractivity contribution in [2.75, 3.05) is 0 Å². The van der Waals surface area contributed by atoms with Crippen molar-refractivity contribution in [3.8, 4) is 0 Å². The molecule has 0 spiro atoms. The molecule has 1 rings (SSSR count). The van der Waals surface area contributed by atoms with Crippen molar-refractivity contribution in [3.05, 3.63) is 35.9 Å². The highest BCUT2D eigenvalue weighted by Crippen LogP contribution is 2.11. The molecule has 0 saturated heterocycles. The molecule has 90 valence electrons. The fourth-order valence-electron chi connectivity index (χ4n) is 2.00. The van der Waals surface area contributed by atoms with Gasteiger partial charge in [0.2, 0.25) is 0 Å². The van der Waals surface area contributed by atoms with E-state index in [1.54, 1.807) is 0 Å². The van der Waals surface area contributed by atoms with Crippen LogP contribution in [0.3, 0.4) is 0 Å². The van der Waals surface area contributed by atoms with Gasteiger partial charge in [-0.05, 0) is 24.3 Å². The van der Waals surface area contributed by atoms with Gasteiger partial charge >= 0.3 is 0 Å². The van der Waals surface area contributed by atoms with Crippen LogP contribution in [0, 0.1) is 5.92 Å². The number of aryl methyl sites for hydroxylation is 1. The molecule has 1 unspecified atom stereocenters. The van der Waals surface area contributed by atoms with Crippen LogP contribution in [0.4, 0.5) is 0 Å². The minimum absolute atomic E-state index is 0.572. The smallest absolute Gasteiger partial charge is 0.00955 e. The summed E-state index contributed by atoms with van der Waals surface area (Å²) in [6, 6.07) is 11.9. The fraction of sp³-hybridized carbons (Fsp3) is 0.600. The average molecular weight is 219 g/mol. The first-order valence-electron chi connectivity index (χ1n) is 6.39. The zero-order valence-electron chi connectivity index (χ0n) is 11.0. The molecule has 1 aromatic rings. The molecule has 0 aromatic heterocycles. The van der Waals surface area contributed by atoms with Gasteiger partial charge in [0, 0.05) is 12.1 Å². The number of hydrogen-bond donors (Lipinski definition) is 1. The molecule has 0 saturated carbocycles. The molecule has 1 nitrogen and oxygen atoms in total. The summed E-state index contributed by atoms with van der Waals surface area (Å²) in [5, 5.41) is 3.65. The molecule has 1 heteroatoms. The second-order valence-electron chi connectivity index (χ2n) is 5.20. The third kappa shape index (κ3) is 4.80. The van der Waals surface area contributed by atoms with Crippen LogP contribution in [0.15, 0.2) is 30.3 Å². The highest BCUT2D eigenvalue weighted by molar-refractivity contribution is 5.14. The lowest BCUT2D eigenvalue weighted by Gasteiger charge is -2.24. The van der Waals surface area contributed by atoms with Gasteiger partial charge in [-0.1, -0.05) is 58.0 Å². The van der Waals surface area contributed by atoms with Crippen LogP contribution in [0.25, 0.3) is 0 Å². The molecule has 0 fully saturated rings. The summed E-state index contributed by atoms with van der Waals surface area (Å²) in [7, 11) is 0. The van der Waals surface area contributed by atoms with E-state index in [-0.39, 0.29) is 0 Å². The number of benzene rings is 1. The zero-order valence-corrected chi connectivity index (χ0v) is 11.0. The van der Waals surface area contributed by atoms with Crippen molar-refractivity contribution >= 4 is 0 Å². The van der Waals surface area contributed by atoms with Gasteiger partial charge in [0.1, 0.15) is 0 Å². The Morgan fingerprint density at radius 1 is 1.00 bits per heavy atom. The summed E-state index contributed by atoms with van der Waals surface area (Å²) >= 11 is 0.